The first-order chi connectivity index (χ1) is 7.85. The Morgan fingerprint density at radius 2 is 2.19 bits per heavy atom. The van der Waals surface area contributed by atoms with E-state index in [1.54, 1.807) is 6.20 Å². The summed E-state index contributed by atoms with van der Waals surface area (Å²) in [5, 5.41) is 9.20. The molecule has 2 rings (SSSR count). The molecular formula is C12H21N3O. The maximum Gasteiger partial charge on any atom is 0.0951 e. The molecule has 0 atom stereocenters. The van der Waals surface area contributed by atoms with Crippen LogP contribution in [0, 0.1) is 0 Å². The van der Waals surface area contributed by atoms with Gasteiger partial charge in [0.2, 0.25) is 0 Å². The third kappa shape index (κ3) is 2.44. The highest BCUT2D eigenvalue weighted by Gasteiger charge is 2.20. The molecule has 4 nitrogen and oxygen atoms in total. The number of aliphatic hydroxyl groups is 1. The highest BCUT2D eigenvalue weighted by atomic mass is 16.3. The van der Waals surface area contributed by atoms with Crippen molar-refractivity contribution < 1.29 is 5.11 Å². The van der Waals surface area contributed by atoms with E-state index < -0.39 is 0 Å². The van der Waals surface area contributed by atoms with E-state index in [4.69, 9.17) is 0 Å². The van der Waals surface area contributed by atoms with Crippen LogP contribution in [0.25, 0.3) is 0 Å². The second-order valence-electron chi connectivity index (χ2n) is 4.52. The molecule has 0 saturated carbocycles. The van der Waals surface area contributed by atoms with Crippen molar-refractivity contribution in [1.82, 2.24) is 14.5 Å². The number of hydrogen-bond acceptors (Lipinski definition) is 3. The highest BCUT2D eigenvalue weighted by molar-refractivity contribution is 4.99. The summed E-state index contributed by atoms with van der Waals surface area (Å²) in [5.41, 5.74) is 0.939. The zero-order valence-electron chi connectivity index (χ0n) is 9.97. The molecule has 16 heavy (non-hydrogen) atoms. The SMILES string of the molecule is CCCN1CCC(n2cncc2CO)CC1. The molecule has 1 aromatic heterocycles. The lowest BCUT2D eigenvalue weighted by Gasteiger charge is -2.32. The molecule has 1 aromatic rings. The van der Waals surface area contributed by atoms with Gasteiger partial charge in [-0.15, -0.1) is 0 Å². The van der Waals surface area contributed by atoms with Crippen LogP contribution in [0.1, 0.15) is 37.9 Å². The Labute approximate surface area is 96.9 Å². The van der Waals surface area contributed by atoms with Crippen molar-refractivity contribution in [3.63, 3.8) is 0 Å². The predicted molar refractivity (Wildman–Crippen MR) is 63.2 cm³/mol. The molecule has 1 aliphatic rings. The van der Waals surface area contributed by atoms with Crippen LogP contribution in [0.2, 0.25) is 0 Å². The van der Waals surface area contributed by atoms with Crippen LogP contribution < -0.4 is 0 Å². The molecule has 90 valence electrons. The minimum atomic E-state index is 0.0924. The summed E-state index contributed by atoms with van der Waals surface area (Å²) in [6.45, 7) is 5.87. The minimum absolute atomic E-state index is 0.0924. The molecule has 0 amide bonds. The van der Waals surface area contributed by atoms with E-state index in [1.165, 1.54) is 38.9 Å². The molecule has 0 radical (unpaired) electrons. The lowest BCUT2D eigenvalue weighted by molar-refractivity contribution is 0.180. The fraction of sp³-hybridized carbons (Fsp3) is 0.750. The Bertz CT molecular complexity index is 316. The van der Waals surface area contributed by atoms with Gasteiger partial charge in [0.15, 0.2) is 0 Å². The number of likely N-dealkylation sites (tertiary alicyclic amines) is 1. The van der Waals surface area contributed by atoms with Crippen LogP contribution >= 0.6 is 0 Å². The normalized spacial score (nSPS) is 19.1. The quantitative estimate of drug-likeness (QED) is 0.839. The smallest absolute Gasteiger partial charge is 0.0951 e. The largest absolute Gasteiger partial charge is 0.390 e. The molecule has 0 unspecified atom stereocenters. The van der Waals surface area contributed by atoms with Gasteiger partial charge in [0, 0.05) is 19.1 Å². The highest BCUT2D eigenvalue weighted by Crippen LogP contribution is 2.23. The van der Waals surface area contributed by atoms with Crippen molar-refractivity contribution in [1.29, 1.82) is 0 Å². The zero-order valence-corrected chi connectivity index (χ0v) is 9.97. The Hall–Kier alpha value is -0.870. The second-order valence-corrected chi connectivity index (χ2v) is 4.52. The zero-order chi connectivity index (χ0) is 11.4. The number of imidazole rings is 1. The van der Waals surface area contributed by atoms with Gasteiger partial charge in [-0.1, -0.05) is 6.92 Å². The molecule has 0 spiro atoms. The summed E-state index contributed by atoms with van der Waals surface area (Å²) >= 11 is 0. The predicted octanol–water partition coefficient (Wildman–Crippen LogP) is 1.42. The van der Waals surface area contributed by atoms with Gasteiger partial charge in [-0.25, -0.2) is 4.98 Å². The van der Waals surface area contributed by atoms with E-state index in [0.717, 1.165) is 5.69 Å². The monoisotopic (exact) mass is 223 g/mol. The van der Waals surface area contributed by atoms with Crippen molar-refractivity contribution in [3.8, 4) is 0 Å². The number of aliphatic hydroxyl groups excluding tert-OH is 1. The fourth-order valence-electron chi connectivity index (χ4n) is 2.52. The lowest BCUT2D eigenvalue weighted by atomic mass is 10.0. The summed E-state index contributed by atoms with van der Waals surface area (Å²) < 4.78 is 2.14. The van der Waals surface area contributed by atoms with Crippen LogP contribution in [0.4, 0.5) is 0 Å². The third-order valence-electron chi connectivity index (χ3n) is 3.40. The van der Waals surface area contributed by atoms with E-state index in [-0.39, 0.29) is 6.61 Å². The van der Waals surface area contributed by atoms with Crippen molar-refractivity contribution in [2.45, 2.75) is 38.8 Å². The Balaban J connectivity index is 1.93. The summed E-state index contributed by atoms with van der Waals surface area (Å²) in [7, 11) is 0. The van der Waals surface area contributed by atoms with Gasteiger partial charge in [-0.3, -0.25) is 0 Å². The van der Waals surface area contributed by atoms with Crippen LogP contribution in [-0.2, 0) is 6.61 Å². The fourth-order valence-corrected chi connectivity index (χ4v) is 2.52. The van der Waals surface area contributed by atoms with E-state index in [1.807, 2.05) is 6.33 Å². The van der Waals surface area contributed by atoms with Gasteiger partial charge in [0.1, 0.15) is 0 Å². The number of piperidine rings is 1. The minimum Gasteiger partial charge on any atom is -0.390 e. The summed E-state index contributed by atoms with van der Waals surface area (Å²) in [5.74, 6) is 0. The van der Waals surface area contributed by atoms with E-state index >= 15 is 0 Å². The first kappa shape index (κ1) is 11.6. The summed E-state index contributed by atoms with van der Waals surface area (Å²) in [6.07, 6.45) is 7.19. The maximum atomic E-state index is 9.20. The van der Waals surface area contributed by atoms with Crippen molar-refractivity contribution in [3.05, 3.63) is 18.2 Å². The molecule has 0 bridgehead atoms. The van der Waals surface area contributed by atoms with Gasteiger partial charge >= 0.3 is 0 Å². The molecule has 4 heteroatoms. The van der Waals surface area contributed by atoms with Gasteiger partial charge in [0.25, 0.3) is 0 Å². The molecule has 1 saturated heterocycles. The molecule has 1 fully saturated rings. The molecular weight excluding hydrogens is 202 g/mol. The van der Waals surface area contributed by atoms with E-state index in [0.29, 0.717) is 6.04 Å². The Morgan fingerprint density at radius 3 is 2.81 bits per heavy atom. The molecule has 2 heterocycles. The second kappa shape index (κ2) is 5.46. The van der Waals surface area contributed by atoms with Gasteiger partial charge in [0.05, 0.1) is 24.8 Å². The Morgan fingerprint density at radius 1 is 1.44 bits per heavy atom. The van der Waals surface area contributed by atoms with E-state index in [2.05, 4.69) is 21.4 Å². The average Bonchev–Trinajstić information content (AvgIpc) is 2.78. The van der Waals surface area contributed by atoms with Crippen LogP contribution in [0.3, 0.4) is 0 Å². The summed E-state index contributed by atoms with van der Waals surface area (Å²) in [4.78, 5) is 6.63. The number of rotatable bonds is 4. The number of aromatic nitrogens is 2. The molecule has 0 aliphatic carbocycles. The van der Waals surface area contributed by atoms with Crippen LogP contribution in [0.5, 0.6) is 0 Å². The van der Waals surface area contributed by atoms with Crippen LogP contribution in [-0.4, -0.2) is 39.2 Å². The van der Waals surface area contributed by atoms with Crippen molar-refractivity contribution in [2.75, 3.05) is 19.6 Å². The molecule has 0 aromatic carbocycles. The van der Waals surface area contributed by atoms with Crippen molar-refractivity contribution >= 4 is 0 Å². The molecule has 1 N–H and O–H groups in total. The average molecular weight is 223 g/mol. The van der Waals surface area contributed by atoms with Crippen molar-refractivity contribution in [2.24, 2.45) is 0 Å². The number of hydrogen-bond donors (Lipinski definition) is 1. The van der Waals surface area contributed by atoms with Gasteiger partial charge in [-0.2, -0.15) is 0 Å². The van der Waals surface area contributed by atoms with Gasteiger partial charge in [-0.05, 0) is 25.8 Å². The lowest BCUT2D eigenvalue weighted by Crippen LogP contribution is -2.35. The standard InChI is InChI=1S/C12H21N3O/c1-2-5-14-6-3-11(4-7-14)15-10-13-8-12(15)9-16/h8,10-11,16H,2-7,9H2,1H3. The number of nitrogens with zero attached hydrogens (tertiary/aromatic N) is 3. The van der Waals surface area contributed by atoms with Gasteiger partial charge < -0.3 is 14.6 Å². The first-order valence-electron chi connectivity index (χ1n) is 6.19. The Kier molecular flexibility index (Phi) is 3.96. The van der Waals surface area contributed by atoms with Crippen LogP contribution in [0.15, 0.2) is 12.5 Å². The summed E-state index contributed by atoms with van der Waals surface area (Å²) in [6, 6.07) is 0.526. The maximum absolute atomic E-state index is 9.20. The topological polar surface area (TPSA) is 41.3 Å². The van der Waals surface area contributed by atoms with E-state index in [9.17, 15) is 5.11 Å². The third-order valence-corrected chi connectivity index (χ3v) is 3.40. The first-order valence-corrected chi connectivity index (χ1v) is 6.19. The molecule has 1 aliphatic heterocycles.